The van der Waals surface area contributed by atoms with E-state index in [1.807, 2.05) is 35.2 Å². The number of nitrogens with one attached hydrogen (secondary N) is 1. The summed E-state index contributed by atoms with van der Waals surface area (Å²) in [6.07, 6.45) is -1.61. The topological polar surface area (TPSA) is 75.4 Å². The minimum absolute atomic E-state index is 0.0218. The third kappa shape index (κ3) is 4.68. The molecule has 3 aromatic rings. The summed E-state index contributed by atoms with van der Waals surface area (Å²) in [7, 11) is 0. The van der Waals surface area contributed by atoms with Gasteiger partial charge in [0.05, 0.1) is 6.04 Å². The molecule has 170 valence electrons. The number of fused-ring (bicyclic) bond motifs is 1. The van der Waals surface area contributed by atoms with E-state index >= 15 is 0 Å². The summed E-state index contributed by atoms with van der Waals surface area (Å²) in [6, 6.07) is 13.0. The Hall–Kier alpha value is -3.17. The fourth-order valence-electron chi connectivity index (χ4n) is 4.08. The van der Waals surface area contributed by atoms with Crippen LogP contribution in [0.5, 0.6) is 0 Å². The first kappa shape index (κ1) is 22.0. The van der Waals surface area contributed by atoms with Crippen LogP contribution in [0.15, 0.2) is 42.5 Å². The lowest BCUT2D eigenvalue weighted by atomic mass is 9.94. The number of piperidine rings is 1. The predicted molar refractivity (Wildman–Crippen MR) is 113 cm³/mol. The van der Waals surface area contributed by atoms with E-state index < -0.39 is 12.0 Å². The fourth-order valence-corrected chi connectivity index (χ4v) is 4.08. The minimum atomic E-state index is -4.64. The zero-order chi connectivity index (χ0) is 22.7. The molecule has 1 aromatic carbocycles. The Kier molecular flexibility index (Phi) is 6.29. The summed E-state index contributed by atoms with van der Waals surface area (Å²) in [5, 5.41) is 14.0. The van der Waals surface area contributed by atoms with Gasteiger partial charge < -0.3 is 10.2 Å². The number of hydrogen-bond acceptors (Lipinski definition) is 5. The maximum atomic E-state index is 13.1. The Morgan fingerprint density at radius 2 is 1.84 bits per heavy atom. The molecule has 0 saturated carbocycles. The number of rotatable bonds is 6. The van der Waals surface area contributed by atoms with E-state index in [9.17, 15) is 18.0 Å². The van der Waals surface area contributed by atoms with Gasteiger partial charge in [-0.2, -0.15) is 17.7 Å². The number of anilines is 1. The SMILES string of the molecule is CCC[C@@H](NC(=O)C1CCN(c2ccc3nnc(C(F)(F)F)n3n2)CC1)c1ccccc1. The summed E-state index contributed by atoms with van der Waals surface area (Å²) in [4.78, 5) is 14.8. The third-order valence-corrected chi connectivity index (χ3v) is 5.79. The van der Waals surface area contributed by atoms with Crippen molar-refractivity contribution >= 4 is 17.4 Å². The maximum absolute atomic E-state index is 13.1. The van der Waals surface area contributed by atoms with Gasteiger partial charge in [-0.1, -0.05) is 43.7 Å². The Bertz CT molecular complexity index is 1060. The van der Waals surface area contributed by atoms with Gasteiger partial charge in [0.15, 0.2) is 5.65 Å². The molecule has 2 aromatic heterocycles. The zero-order valence-electron chi connectivity index (χ0n) is 17.7. The van der Waals surface area contributed by atoms with E-state index in [1.165, 1.54) is 6.07 Å². The van der Waals surface area contributed by atoms with Crippen molar-refractivity contribution in [2.45, 2.75) is 44.8 Å². The van der Waals surface area contributed by atoms with Crippen LogP contribution in [0, 0.1) is 5.92 Å². The van der Waals surface area contributed by atoms with Gasteiger partial charge in [-0.3, -0.25) is 4.79 Å². The van der Waals surface area contributed by atoms with Crippen molar-refractivity contribution in [2.75, 3.05) is 18.0 Å². The summed E-state index contributed by atoms with van der Waals surface area (Å²) in [5.41, 5.74) is 1.13. The van der Waals surface area contributed by atoms with E-state index in [0.29, 0.717) is 31.7 Å². The highest BCUT2D eigenvalue weighted by atomic mass is 19.4. The molecule has 1 amide bonds. The lowest BCUT2D eigenvalue weighted by Gasteiger charge is -2.33. The number of halogens is 3. The second kappa shape index (κ2) is 9.13. The highest BCUT2D eigenvalue weighted by Gasteiger charge is 2.38. The van der Waals surface area contributed by atoms with Crippen molar-refractivity contribution in [2.24, 2.45) is 5.92 Å². The smallest absolute Gasteiger partial charge is 0.355 e. The molecule has 3 heterocycles. The van der Waals surface area contributed by atoms with Crippen LogP contribution in [0.25, 0.3) is 5.65 Å². The summed E-state index contributed by atoms with van der Waals surface area (Å²) >= 11 is 0. The lowest BCUT2D eigenvalue weighted by Crippen LogP contribution is -2.42. The van der Waals surface area contributed by atoms with Crippen LogP contribution in [-0.2, 0) is 11.0 Å². The highest BCUT2D eigenvalue weighted by molar-refractivity contribution is 5.79. The molecule has 0 unspecified atom stereocenters. The molecular weight excluding hydrogens is 421 g/mol. The quantitative estimate of drug-likeness (QED) is 0.619. The van der Waals surface area contributed by atoms with Gasteiger partial charge >= 0.3 is 6.18 Å². The number of hydrogen-bond donors (Lipinski definition) is 1. The van der Waals surface area contributed by atoms with Crippen LogP contribution in [-0.4, -0.2) is 38.8 Å². The molecule has 1 fully saturated rings. The lowest BCUT2D eigenvalue weighted by molar-refractivity contribution is -0.146. The first-order valence-electron chi connectivity index (χ1n) is 10.8. The number of carbonyl (C=O) groups excluding carboxylic acids is 1. The van der Waals surface area contributed by atoms with Crippen LogP contribution in [0.1, 0.15) is 50.0 Å². The second-order valence-electron chi connectivity index (χ2n) is 8.00. The molecule has 1 atom stereocenters. The molecular formula is C22H25F3N6O. The number of nitrogens with zero attached hydrogens (tertiary/aromatic N) is 5. The van der Waals surface area contributed by atoms with Crippen molar-refractivity contribution in [3.05, 3.63) is 53.9 Å². The average molecular weight is 446 g/mol. The predicted octanol–water partition coefficient (Wildman–Crippen LogP) is 4.02. The van der Waals surface area contributed by atoms with Gasteiger partial charge in [0.1, 0.15) is 5.82 Å². The fraction of sp³-hybridized carbons (Fsp3) is 0.455. The van der Waals surface area contributed by atoms with Crippen LogP contribution >= 0.6 is 0 Å². The molecule has 1 saturated heterocycles. The van der Waals surface area contributed by atoms with Crippen molar-refractivity contribution in [3.63, 3.8) is 0 Å². The number of aromatic nitrogens is 4. The standard InChI is InChI=1S/C22H25F3N6O/c1-2-6-17(15-7-4-3-5-8-15)26-20(32)16-11-13-30(14-12-16)19-10-9-18-27-28-21(22(23,24)25)31(18)29-19/h3-5,7-10,16-17H,2,6,11-14H2,1H3,(H,26,32)/t17-/m1/s1. The van der Waals surface area contributed by atoms with E-state index in [0.717, 1.165) is 22.9 Å². The van der Waals surface area contributed by atoms with Crippen LogP contribution in [0.4, 0.5) is 19.0 Å². The number of carbonyl (C=O) groups is 1. The monoisotopic (exact) mass is 446 g/mol. The van der Waals surface area contributed by atoms with Crippen molar-refractivity contribution < 1.29 is 18.0 Å². The summed E-state index contributed by atoms with van der Waals surface area (Å²) in [6.45, 7) is 3.15. The van der Waals surface area contributed by atoms with Gasteiger partial charge in [-0.05, 0) is 37.0 Å². The van der Waals surface area contributed by atoms with Crippen molar-refractivity contribution in [1.82, 2.24) is 25.1 Å². The highest BCUT2D eigenvalue weighted by Crippen LogP contribution is 2.29. The molecule has 32 heavy (non-hydrogen) atoms. The Morgan fingerprint density at radius 1 is 1.12 bits per heavy atom. The number of alkyl halides is 3. The van der Waals surface area contributed by atoms with E-state index in [2.05, 4.69) is 27.5 Å². The molecule has 4 rings (SSSR count). The van der Waals surface area contributed by atoms with Crippen LogP contribution < -0.4 is 10.2 Å². The Morgan fingerprint density at radius 3 is 2.50 bits per heavy atom. The third-order valence-electron chi connectivity index (χ3n) is 5.79. The molecule has 0 aliphatic carbocycles. The molecule has 10 heteroatoms. The van der Waals surface area contributed by atoms with Crippen molar-refractivity contribution in [3.8, 4) is 0 Å². The van der Waals surface area contributed by atoms with Gasteiger partial charge in [-0.25, -0.2) is 0 Å². The van der Waals surface area contributed by atoms with E-state index in [1.54, 1.807) is 6.07 Å². The Labute approximate surface area is 183 Å². The number of amides is 1. The van der Waals surface area contributed by atoms with Gasteiger partial charge in [0, 0.05) is 19.0 Å². The maximum Gasteiger partial charge on any atom is 0.453 e. The van der Waals surface area contributed by atoms with Crippen LogP contribution in [0.2, 0.25) is 0 Å². The molecule has 0 radical (unpaired) electrons. The number of benzene rings is 1. The normalized spacial score (nSPS) is 16.3. The van der Waals surface area contributed by atoms with Gasteiger partial charge in [0.25, 0.3) is 5.82 Å². The van der Waals surface area contributed by atoms with Gasteiger partial charge in [0.2, 0.25) is 5.91 Å². The largest absolute Gasteiger partial charge is 0.453 e. The average Bonchev–Trinajstić information content (AvgIpc) is 3.23. The van der Waals surface area contributed by atoms with Crippen LogP contribution in [0.3, 0.4) is 0 Å². The molecule has 7 nitrogen and oxygen atoms in total. The van der Waals surface area contributed by atoms with E-state index in [4.69, 9.17) is 0 Å². The summed E-state index contributed by atoms with van der Waals surface area (Å²) < 4.78 is 40.1. The second-order valence-corrected chi connectivity index (χ2v) is 8.00. The first-order valence-corrected chi connectivity index (χ1v) is 10.8. The summed E-state index contributed by atoms with van der Waals surface area (Å²) in [5.74, 6) is -0.853. The zero-order valence-corrected chi connectivity index (χ0v) is 17.7. The minimum Gasteiger partial charge on any atom is -0.355 e. The van der Waals surface area contributed by atoms with Crippen molar-refractivity contribution in [1.29, 1.82) is 0 Å². The molecule has 1 aliphatic rings. The van der Waals surface area contributed by atoms with Gasteiger partial charge in [-0.15, -0.1) is 15.3 Å². The molecule has 0 spiro atoms. The molecule has 1 aliphatic heterocycles. The van der Waals surface area contributed by atoms with E-state index in [-0.39, 0.29) is 23.5 Å². The first-order chi connectivity index (χ1) is 15.4. The molecule has 1 N–H and O–H groups in total. The Balaban J connectivity index is 1.41. The molecule has 0 bridgehead atoms.